The largest absolute Gasteiger partial charge is 0.364 e. The lowest BCUT2D eigenvalue weighted by Gasteiger charge is -2.38. The lowest BCUT2D eigenvalue weighted by molar-refractivity contribution is -0.138. The number of piperidine rings is 1. The number of aromatic nitrogens is 2. The smallest absolute Gasteiger partial charge is 0.251 e. The van der Waals surface area contributed by atoms with Gasteiger partial charge in [0, 0.05) is 12.6 Å². The third kappa shape index (κ3) is 3.61. The van der Waals surface area contributed by atoms with Crippen molar-refractivity contribution in [2.24, 2.45) is 0 Å². The maximum Gasteiger partial charge on any atom is 0.251 e. The summed E-state index contributed by atoms with van der Waals surface area (Å²) in [4.78, 5) is 14.9. The molecule has 0 unspecified atom stereocenters. The molecule has 0 aliphatic carbocycles. The summed E-state index contributed by atoms with van der Waals surface area (Å²) in [6.45, 7) is 5.01. The Morgan fingerprint density at radius 3 is 2.93 bits per heavy atom. The molecule has 4 heterocycles. The van der Waals surface area contributed by atoms with Crippen LogP contribution in [-0.2, 0) is 9.53 Å². The SMILES string of the molecule is C[C@@H]1CN(c2ccc(C#N)n3nccc23)C[C@H](C(=O)NC2CCNCC2)O1. The fourth-order valence-corrected chi connectivity index (χ4v) is 3.91. The molecule has 0 spiro atoms. The van der Waals surface area contributed by atoms with E-state index in [4.69, 9.17) is 4.74 Å². The second-order valence-corrected chi connectivity index (χ2v) is 7.22. The minimum absolute atomic E-state index is 0.0448. The van der Waals surface area contributed by atoms with Crippen molar-refractivity contribution in [3.8, 4) is 6.07 Å². The first-order chi connectivity index (χ1) is 13.2. The van der Waals surface area contributed by atoms with Crippen molar-refractivity contribution < 1.29 is 9.53 Å². The van der Waals surface area contributed by atoms with E-state index in [0.29, 0.717) is 18.8 Å². The maximum atomic E-state index is 12.8. The number of hydrogen-bond acceptors (Lipinski definition) is 6. The van der Waals surface area contributed by atoms with Crippen LogP contribution in [0.25, 0.3) is 5.52 Å². The summed E-state index contributed by atoms with van der Waals surface area (Å²) in [5.41, 5.74) is 2.31. The van der Waals surface area contributed by atoms with Crippen molar-refractivity contribution in [3.05, 3.63) is 30.1 Å². The number of fused-ring (bicyclic) bond motifs is 1. The maximum absolute atomic E-state index is 12.8. The van der Waals surface area contributed by atoms with Gasteiger partial charge >= 0.3 is 0 Å². The van der Waals surface area contributed by atoms with Gasteiger partial charge in [-0.05, 0) is 51.1 Å². The van der Waals surface area contributed by atoms with E-state index < -0.39 is 6.10 Å². The van der Waals surface area contributed by atoms with Crippen molar-refractivity contribution in [1.82, 2.24) is 20.2 Å². The number of pyridine rings is 1. The van der Waals surface area contributed by atoms with Gasteiger partial charge in [0.15, 0.2) is 6.10 Å². The Labute approximate surface area is 158 Å². The number of nitriles is 1. The van der Waals surface area contributed by atoms with Gasteiger partial charge in [0.2, 0.25) is 0 Å². The van der Waals surface area contributed by atoms with Gasteiger partial charge in [-0.15, -0.1) is 0 Å². The minimum Gasteiger partial charge on any atom is -0.364 e. The Hall–Kier alpha value is -2.63. The summed E-state index contributed by atoms with van der Waals surface area (Å²) < 4.78 is 7.57. The summed E-state index contributed by atoms with van der Waals surface area (Å²) in [5.74, 6) is -0.0448. The van der Waals surface area contributed by atoms with E-state index in [2.05, 4.69) is 26.7 Å². The van der Waals surface area contributed by atoms with E-state index in [1.807, 2.05) is 19.1 Å². The van der Waals surface area contributed by atoms with Crippen molar-refractivity contribution in [1.29, 1.82) is 5.26 Å². The van der Waals surface area contributed by atoms with E-state index in [1.165, 1.54) is 0 Å². The van der Waals surface area contributed by atoms with Crippen LogP contribution in [0.1, 0.15) is 25.5 Å². The number of carbonyl (C=O) groups excluding carboxylic acids is 1. The monoisotopic (exact) mass is 368 g/mol. The van der Waals surface area contributed by atoms with E-state index in [0.717, 1.165) is 37.1 Å². The number of nitrogens with zero attached hydrogens (tertiary/aromatic N) is 4. The average molecular weight is 368 g/mol. The zero-order chi connectivity index (χ0) is 18.8. The normalized spacial score (nSPS) is 23.9. The molecule has 27 heavy (non-hydrogen) atoms. The molecule has 2 aliphatic heterocycles. The van der Waals surface area contributed by atoms with Crippen LogP contribution < -0.4 is 15.5 Å². The number of carbonyl (C=O) groups is 1. The molecular formula is C19H24N6O2. The minimum atomic E-state index is -0.512. The number of rotatable bonds is 3. The van der Waals surface area contributed by atoms with E-state index >= 15 is 0 Å². The molecule has 2 aromatic heterocycles. The van der Waals surface area contributed by atoms with Gasteiger partial charge in [0.25, 0.3) is 5.91 Å². The van der Waals surface area contributed by atoms with Crippen molar-refractivity contribution in [2.75, 3.05) is 31.1 Å². The summed E-state index contributed by atoms with van der Waals surface area (Å²) >= 11 is 0. The number of ether oxygens (including phenoxy) is 1. The molecule has 0 aromatic carbocycles. The van der Waals surface area contributed by atoms with Gasteiger partial charge in [-0.1, -0.05) is 0 Å². The highest BCUT2D eigenvalue weighted by atomic mass is 16.5. The molecule has 2 fully saturated rings. The van der Waals surface area contributed by atoms with Crippen LogP contribution in [0.2, 0.25) is 0 Å². The molecule has 0 bridgehead atoms. The van der Waals surface area contributed by atoms with Crippen LogP contribution in [-0.4, -0.2) is 60.0 Å². The first-order valence-electron chi connectivity index (χ1n) is 9.44. The van der Waals surface area contributed by atoms with Crippen molar-refractivity contribution in [3.63, 3.8) is 0 Å². The van der Waals surface area contributed by atoms with Gasteiger partial charge in [-0.25, -0.2) is 4.52 Å². The standard InChI is InChI=1S/C19H24N6O2/c1-13-11-24(16-3-2-15(10-20)25-17(16)6-9-22-25)12-18(27-13)19(26)23-14-4-7-21-8-5-14/h2-3,6,9,13-14,18,21H,4-5,7-8,11-12H2,1H3,(H,23,26)/t13-,18-/m1/s1. The number of anilines is 1. The Kier molecular flexibility index (Phi) is 4.97. The van der Waals surface area contributed by atoms with Crippen LogP contribution in [0.5, 0.6) is 0 Å². The van der Waals surface area contributed by atoms with Gasteiger partial charge in [0.05, 0.1) is 30.0 Å². The predicted octanol–water partition coefficient (Wildman–Crippen LogP) is 0.668. The van der Waals surface area contributed by atoms with E-state index in [9.17, 15) is 10.1 Å². The second-order valence-electron chi connectivity index (χ2n) is 7.22. The molecule has 2 aliphatic rings. The first-order valence-corrected chi connectivity index (χ1v) is 9.44. The average Bonchev–Trinajstić information content (AvgIpc) is 3.17. The van der Waals surface area contributed by atoms with Crippen LogP contribution in [0.3, 0.4) is 0 Å². The first kappa shape index (κ1) is 17.8. The Morgan fingerprint density at radius 2 is 2.15 bits per heavy atom. The van der Waals surface area contributed by atoms with Crippen molar-refractivity contribution >= 4 is 17.1 Å². The Morgan fingerprint density at radius 1 is 1.33 bits per heavy atom. The number of hydrogen-bond donors (Lipinski definition) is 2. The molecule has 8 heteroatoms. The molecule has 2 saturated heterocycles. The Balaban J connectivity index is 1.53. The van der Waals surface area contributed by atoms with Gasteiger partial charge in [0.1, 0.15) is 11.8 Å². The molecule has 2 N–H and O–H groups in total. The molecule has 142 valence electrons. The molecule has 0 saturated carbocycles. The summed E-state index contributed by atoms with van der Waals surface area (Å²) in [5, 5.41) is 20.0. The summed E-state index contributed by atoms with van der Waals surface area (Å²) in [6.07, 6.45) is 3.00. The Bertz CT molecular complexity index is 867. The molecule has 0 radical (unpaired) electrons. The topological polar surface area (TPSA) is 94.7 Å². The highest BCUT2D eigenvalue weighted by Gasteiger charge is 2.32. The van der Waals surface area contributed by atoms with Gasteiger partial charge in [-0.3, -0.25) is 4.79 Å². The fraction of sp³-hybridized carbons (Fsp3) is 0.526. The third-order valence-corrected chi connectivity index (χ3v) is 5.23. The third-order valence-electron chi connectivity index (χ3n) is 5.23. The highest BCUT2D eigenvalue weighted by molar-refractivity contribution is 5.83. The number of morpholine rings is 1. The zero-order valence-electron chi connectivity index (χ0n) is 15.4. The highest BCUT2D eigenvalue weighted by Crippen LogP contribution is 2.26. The quantitative estimate of drug-likeness (QED) is 0.827. The summed E-state index contributed by atoms with van der Waals surface area (Å²) in [6, 6.07) is 7.95. The van der Waals surface area contributed by atoms with Crippen LogP contribution in [0.15, 0.2) is 24.4 Å². The number of amides is 1. The number of nitrogens with one attached hydrogen (secondary N) is 2. The van der Waals surface area contributed by atoms with Crippen LogP contribution in [0, 0.1) is 11.3 Å². The summed E-state index contributed by atoms with van der Waals surface area (Å²) in [7, 11) is 0. The molecule has 1 amide bonds. The second kappa shape index (κ2) is 7.55. The van der Waals surface area contributed by atoms with Crippen molar-refractivity contribution in [2.45, 2.75) is 38.0 Å². The lowest BCUT2D eigenvalue weighted by atomic mass is 10.1. The zero-order valence-corrected chi connectivity index (χ0v) is 15.4. The molecule has 2 atom stereocenters. The molecule has 4 rings (SSSR count). The molecule has 8 nitrogen and oxygen atoms in total. The van der Waals surface area contributed by atoms with Crippen LogP contribution in [0.4, 0.5) is 5.69 Å². The van der Waals surface area contributed by atoms with Crippen LogP contribution >= 0.6 is 0 Å². The van der Waals surface area contributed by atoms with E-state index in [-0.39, 0.29) is 18.1 Å². The fourth-order valence-electron chi connectivity index (χ4n) is 3.91. The van der Waals surface area contributed by atoms with Gasteiger partial charge in [-0.2, -0.15) is 10.4 Å². The molecule has 2 aromatic rings. The van der Waals surface area contributed by atoms with Gasteiger partial charge < -0.3 is 20.3 Å². The lowest BCUT2D eigenvalue weighted by Crippen LogP contribution is -2.55. The predicted molar refractivity (Wildman–Crippen MR) is 100 cm³/mol. The van der Waals surface area contributed by atoms with E-state index in [1.54, 1.807) is 16.8 Å². The molecular weight excluding hydrogens is 344 g/mol.